The van der Waals surface area contributed by atoms with Gasteiger partial charge >= 0.3 is 0 Å². The van der Waals surface area contributed by atoms with Crippen molar-refractivity contribution >= 4 is 0 Å². The minimum absolute atomic E-state index is 0.925. The highest BCUT2D eigenvalue weighted by Crippen LogP contribution is 2.06. The Bertz CT molecular complexity index is 55.9. The van der Waals surface area contributed by atoms with Gasteiger partial charge in [0.2, 0.25) is 0 Å². The molecule has 68 valence electrons. The fourth-order valence-electron chi connectivity index (χ4n) is 1.03. The zero-order chi connectivity index (χ0) is 9.11. The van der Waals surface area contributed by atoms with Gasteiger partial charge in [0.15, 0.2) is 0 Å². The number of rotatable bonds is 0. The molecular formula is C10H23N. The molecule has 0 aromatic rings. The summed E-state index contributed by atoms with van der Waals surface area (Å²) in [5, 5.41) is 3.33. The van der Waals surface area contributed by atoms with Gasteiger partial charge in [-0.3, -0.25) is 0 Å². The fourth-order valence-corrected chi connectivity index (χ4v) is 1.03. The van der Waals surface area contributed by atoms with Crippen LogP contribution in [0.3, 0.4) is 0 Å². The molecule has 1 rings (SSSR count). The molecule has 0 aliphatic carbocycles. The van der Waals surface area contributed by atoms with E-state index < -0.39 is 0 Å². The van der Waals surface area contributed by atoms with Crippen LogP contribution in [-0.4, -0.2) is 13.1 Å². The summed E-state index contributed by atoms with van der Waals surface area (Å²) in [5.41, 5.74) is 0. The molecule has 1 aliphatic heterocycles. The molecule has 1 saturated heterocycles. The molecule has 1 fully saturated rings. The van der Waals surface area contributed by atoms with E-state index in [0.29, 0.717) is 0 Å². The molecule has 1 unspecified atom stereocenters. The monoisotopic (exact) mass is 157 g/mol. The van der Waals surface area contributed by atoms with Crippen molar-refractivity contribution < 1.29 is 0 Å². The summed E-state index contributed by atoms with van der Waals surface area (Å²) in [6, 6.07) is 0. The smallest absolute Gasteiger partial charge is 0.00231 e. The van der Waals surface area contributed by atoms with Crippen LogP contribution in [0.1, 0.15) is 33.6 Å². The van der Waals surface area contributed by atoms with E-state index in [9.17, 15) is 0 Å². The molecular weight excluding hydrogens is 134 g/mol. The summed E-state index contributed by atoms with van der Waals surface area (Å²) >= 11 is 0. The molecule has 11 heavy (non-hydrogen) atoms. The number of hydrogen-bond acceptors (Lipinski definition) is 1. The van der Waals surface area contributed by atoms with Crippen molar-refractivity contribution in [2.24, 2.45) is 5.92 Å². The van der Waals surface area contributed by atoms with E-state index in [1.165, 1.54) is 25.9 Å². The minimum Gasteiger partial charge on any atom is -0.316 e. The topological polar surface area (TPSA) is 12.0 Å². The van der Waals surface area contributed by atoms with Crippen LogP contribution in [0, 0.1) is 5.92 Å². The standard InChI is InChI=1S/C6H13N.C2H6.C2H4/c1-6-3-2-4-7-5-6;2*1-2/h6-7H,2-5H2,1H3;1-2H3;1-2H2. The molecule has 0 radical (unpaired) electrons. The van der Waals surface area contributed by atoms with Gasteiger partial charge in [0.1, 0.15) is 0 Å². The van der Waals surface area contributed by atoms with Gasteiger partial charge in [-0.25, -0.2) is 0 Å². The predicted molar refractivity (Wildman–Crippen MR) is 53.9 cm³/mol. The highest BCUT2D eigenvalue weighted by atomic mass is 14.9. The first-order chi connectivity index (χ1) is 5.39. The second kappa shape index (κ2) is 12.4. The van der Waals surface area contributed by atoms with Crippen molar-refractivity contribution in [1.29, 1.82) is 0 Å². The van der Waals surface area contributed by atoms with Gasteiger partial charge in [0.25, 0.3) is 0 Å². The summed E-state index contributed by atoms with van der Waals surface area (Å²) in [6.07, 6.45) is 2.80. The summed E-state index contributed by atoms with van der Waals surface area (Å²) < 4.78 is 0. The lowest BCUT2D eigenvalue weighted by molar-refractivity contribution is 0.405. The fraction of sp³-hybridized carbons (Fsp3) is 0.800. The summed E-state index contributed by atoms with van der Waals surface area (Å²) in [7, 11) is 0. The molecule has 1 heterocycles. The van der Waals surface area contributed by atoms with Crippen LogP contribution < -0.4 is 5.32 Å². The minimum atomic E-state index is 0.925. The van der Waals surface area contributed by atoms with Crippen LogP contribution in [0.25, 0.3) is 0 Å². The van der Waals surface area contributed by atoms with Crippen molar-refractivity contribution in [3.63, 3.8) is 0 Å². The highest BCUT2D eigenvalue weighted by Gasteiger charge is 2.04. The number of hydrogen-bond donors (Lipinski definition) is 1. The lowest BCUT2D eigenvalue weighted by atomic mass is 10.0. The van der Waals surface area contributed by atoms with Crippen molar-refractivity contribution in [3.05, 3.63) is 13.2 Å². The van der Waals surface area contributed by atoms with E-state index in [0.717, 1.165) is 5.92 Å². The van der Waals surface area contributed by atoms with Crippen LogP contribution >= 0.6 is 0 Å². The van der Waals surface area contributed by atoms with E-state index in [2.05, 4.69) is 25.4 Å². The molecule has 0 aromatic heterocycles. The van der Waals surface area contributed by atoms with Crippen LogP contribution in [-0.2, 0) is 0 Å². The quantitative estimate of drug-likeness (QED) is 0.533. The maximum Gasteiger partial charge on any atom is -0.00231 e. The molecule has 0 spiro atoms. The third-order valence-corrected chi connectivity index (χ3v) is 1.54. The Morgan fingerprint density at radius 1 is 1.27 bits per heavy atom. The Morgan fingerprint density at radius 2 is 1.82 bits per heavy atom. The third kappa shape index (κ3) is 9.70. The molecule has 1 atom stereocenters. The predicted octanol–water partition coefficient (Wildman–Crippen LogP) is 2.83. The van der Waals surface area contributed by atoms with Crippen LogP contribution in [0.4, 0.5) is 0 Å². The van der Waals surface area contributed by atoms with E-state index >= 15 is 0 Å². The van der Waals surface area contributed by atoms with Gasteiger partial charge in [-0.15, -0.1) is 13.2 Å². The maximum absolute atomic E-state index is 3.33. The highest BCUT2D eigenvalue weighted by molar-refractivity contribution is 4.63. The van der Waals surface area contributed by atoms with Crippen LogP contribution in [0.5, 0.6) is 0 Å². The molecule has 0 bridgehead atoms. The zero-order valence-electron chi connectivity index (χ0n) is 8.32. The third-order valence-electron chi connectivity index (χ3n) is 1.54. The van der Waals surface area contributed by atoms with E-state index in [-0.39, 0.29) is 0 Å². The van der Waals surface area contributed by atoms with Crippen molar-refractivity contribution in [2.75, 3.05) is 13.1 Å². The first-order valence-corrected chi connectivity index (χ1v) is 4.60. The van der Waals surface area contributed by atoms with Gasteiger partial charge in [-0.2, -0.15) is 0 Å². The Labute approximate surface area is 71.9 Å². The van der Waals surface area contributed by atoms with Crippen molar-refractivity contribution in [3.8, 4) is 0 Å². The normalized spacial score (nSPS) is 21.9. The van der Waals surface area contributed by atoms with Gasteiger partial charge in [-0.1, -0.05) is 20.8 Å². The Balaban J connectivity index is 0. The van der Waals surface area contributed by atoms with Gasteiger partial charge in [-0.05, 0) is 31.8 Å². The van der Waals surface area contributed by atoms with E-state index in [1.807, 2.05) is 13.8 Å². The van der Waals surface area contributed by atoms with E-state index in [4.69, 9.17) is 0 Å². The Morgan fingerprint density at radius 3 is 2.00 bits per heavy atom. The second-order valence-corrected chi connectivity index (χ2v) is 2.45. The molecule has 1 aliphatic rings. The Hall–Kier alpha value is -0.300. The number of nitrogens with one attached hydrogen (secondary N) is 1. The summed E-state index contributed by atoms with van der Waals surface area (Å²) in [4.78, 5) is 0. The largest absolute Gasteiger partial charge is 0.316 e. The molecule has 0 amide bonds. The Kier molecular flexibility index (Phi) is 15.0. The summed E-state index contributed by atoms with van der Waals surface area (Å²) in [5.74, 6) is 0.925. The molecule has 1 nitrogen and oxygen atoms in total. The van der Waals surface area contributed by atoms with Gasteiger partial charge in [0, 0.05) is 0 Å². The summed E-state index contributed by atoms with van der Waals surface area (Å²) in [6.45, 7) is 14.8. The first kappa shape index (κ1) is 13.3. The van der Waals surface area contributed by atoms with Crippen LogP contribution in [0.15, 0.2) is 13.2 Å². The SMILES string of the molecule is C=C.CC.CC1CCCNC1. The zero-order valence-corrected chi connectivity index (χ0v) is 8.32. The average Bonchev–Trinajstić information content (AvgIpc) is 2.13. The van der Waals surface area contributed by atoms with Crippen LogP contribution in [0.2, 0.25) is 0 Å². The maximum atomic E-state index is 3.33. The molecule has 1 heteroatoms. The lowest BCUT2D eigenvalue weighted by Gasteiger charge is -2.17. The molecule has 0 aromatic carbocycles. The number of piperidine rings is 1. The van der Waals surface area contributed by atoms with E-state index in [1.54, 1.807) is 0 Å². The molecule has 0 saturated carbocycles. The van der Waals surface area contributed by atoms with Gasteiger partial charge in [0.05, 0.1) is 0 Å². The van der Waals surface area contributed by atoms with Gasteiger partial charge < -0.3 is 5.32 Å². The average molecular weight is 157 g/mol. The first-order valence-electron chi connectivity index (χ1n) is 4.60. The second-order valence-electron chi connectivity index (χ2n) is 2.45. The lowest BCUT2D eigenvalue weighted by Crippen LogP contribution is -2.27. The van der Waals surface area contributed by atoms with Crippen molar-refractivity contribution in [1.82, 2.24) is 5.32 Å². The van der Waals surface area contributed by atoms with Crippen molar-refractivity contribution in [2.45, 2.75) is 33.6 Å². The molecule has 1 N–H and O–H groups in total.